The van der Waals surface area contributed by atoms with Crippen LogP contribution in [0.25, 0.3) is 0 Å². The summed E-state index contributed by atoms with van der Waals surface area (Å²) >= 11 is 1.41. The van der Waals surface area contributed by atoms with Gasteiger partial charge in [-0.2, -0.15) is 0 Å². The second-order valence-electron chi connectivity index (χ2n) is 7.65. The third-order valence-electron chi connectivity index (χ3n) is 5.84. The van der Waals surface area contributed by atoms with E-state index >= 15 is 0 Å². The van der Waals surface area contributed by atoms with Crippen LogP contribution < -0.4 is 9.62 Å². The van der Waals surface area contributed by atoms with Gasteiger partial charge >= 0.3 is 0 Å². The summed E-state index contributed by atoms with van der Waals surface area (Å²) in [7, 11) is -3.46. The quantitative estimate of drug-likeness (QED) is 0.808. The molecule has 28 heavy (non-hydrogen) atoms. The maximum atomic E-state index is 13.6. The highest BCUT2D eigenvalue weighted by molar-refractivity contribution is 7.92. The zero-order valence-electron chi connectivity index (χ0n) is 16.0. The van der Waals surface area contributed by atoms with E-state index in [-0.39, 0.29) is 18.0 Å². The summed E-state index contributed by atoms with van der Waals surface area (Å²) in [5.41, 5.74) is 1.07. The fourth-order valence-corrected chi connectivity index (χ4v) is 5.83. The van der Waals surface area contributed by atoms with Crippen molar-refractivity contribution in [3.8, 4) is 0 Å². The van der Waals surface area contributed by atoms with Crippen molar-refractivity contribution in [3.63, 3.8) is 0 Å². The van der Waals surface area contributed by atoms with E-state index in [1.807, 2.05) is 34.5 Å². The Hall–Kier alpha value is -1.90. The molecule has 1 aromatic carbocycles. The van der Waals surface area contributed by atoms with Crippen LogP contribution in [-0.2, 0) is 10.0 Å². The number of sulfonamides is 1. The number of hydrogen-bond donors (Lipinski definition) is 1. The van der Waals surface area contributed by atoms with Crippen LogP contribution in [0.5, 0.6) is 0 Å². The molecule has 0 spiro atoms. The van der Waals surface area contributed by atoms with Crippen LogP contribution in [0.4, 0.5) is 11.4 Å². The highest BCUT2D eigenvalue weighted by atomic mass is 32.2. The minimum absolute atomic E-state index is 0.0135. The SMILES string of the molecule is C[C@H]1[C@H](N(C(=O)c2cccs2)c2ccccc2NS(C)(=O)=O)C2CCN1CC2. The molecule has 2 bridgehead atoms. The molecular formula is C20H25N3O3S2. The average Bonchev–Trinajstić information content (AvgIpc) is 3.19. The van der Waals surface area contributed by atoms with Gasteiger partial charge in [0.2, 0.25) is 10.0 Å². The summed E-state index contributed by atoms with van der Waals surface area (Å²) in [4.78, 5) is 18.5. The van der Waals surface area contributed by atoms with Gasteiger partial charge < -0.3 is 4.90 Å². The standard InChI is InChI=1S/C20H25N3O3S2/c1-14-19(15-9-11-22(14)12-10-15)23(20(24)18-8-5-13-27-18)17-7-4-3-6-16(17)21-28(2,25)26/h3-8,13-15,19,21H,9-12H2,1-2H3/t14-,19-/m0/s1. The van der Waals surface area contributed by atoms with Crippen molar-refractivity contribution in [1.29, 1.82) is 0 Å². The number of piperidine rings is 3. The highest BCUT2D eigenvalue weighted by Crippen LogP contribution is 2.40. The van der Waals surface area contributed by atoms with Gasteiger partial charge in [-0.15, -0.1) is 11.3 Å². The third kappa shape index (κ3) is 3.68. The monoisotopic (exact) mass is 419 g/mol. The Balaban J connectivity index is 1.82. The van der Waals surface area contributed by atoms with Gasteiger partial charge in [0, 0.05) is 6.04 Å². The Bertz CT molecular complexity index is 949. The number of thiophene rings is 1. The molecule has 2 atom stereocenters. The van der Waals surface area contributed by atoms with Crippen molar-refractivity contribution in [1.82, 2.24) is 4.90 Å². The van der Waals surface area contributed by atoms with E-state index in [0.29, 0.717) is 22.2 Å². The van der Waals surface area contributed by atoms with Crippen molar-refractivity contribution in [2.45, 2.75) is 31.8 Å². The predicted molar refractivity (Wildman–Crippen MR) is 114 cm³/mol. The number of rotatable bonds is 5. The number of benzene rings is 1. The van der Waals surface area contributed by atoms with Crippen LogP contribution in [0.3, 0.4) is 0 Å². The summed E-state index contributed by atoms with van der Waals surface area (Å²) in [5.74, 6) is 0.346. The summed E-state index contributed by atoms with van der Waals surface area (Å²) < 4.78 is 26.4. The van der Waals surface area contributed by atoms with Crippen LogP contribution in [0.2, 0.25) is 0 Å². The lowest BCUT2D eigenvalue weighted by Crippen LogP contribution is -2.63. The molecule has 0 radical (unpaired) electrons. The van der Waals surface area contributed by atoms with E-state index < -0.39 is 10.0 Å². The third-order valence-corrected chi connectivity index (χ3v) is 7.28. The molecule has 1 amide bonds. The van der Waals surface area contributed by atoms with Crippen molar-refractivity contribution in [2.24, 2.45) is 5.92 Å². The van der Waals surface area contributed by atoms with E-state index in [9.17, 15) is 13.2 Å². The molecule has 6 nitrogen and oxygen atoms in total. The maximum Gasteiger partial charge on any atom is 0.268 e. The molecule has 0 aliphatic carbocycles. The van der Waals surface area contributed by atoms with Crippen LogP contribution in [0, 0.1) is 5.92 Å². The van der Waals surface area contributed by atoms with Gasteiger partial charge in [-0.1, -0.05) is 18.2 Å². The molecule has 1 N–H and O–H groups in total. The first-order chi connectivity index (χ1) is 13.3. The average molecular weight is 420 g/mol. The minimum atomic E-state index is -3.46. The Morgan fingerprint density at radius 1 is 1.18 bits per heavy atom. The van der Waals surface area contributed by atoms with Crippen LogP contribution >= 0.6 is 11.3 Å². The Kier molecular flexibility index (Phi) is 5.20. The summed E-state index contributed by atoms with van der Waals surface area (Å²) in [5, 5.41) is 1.89. The van der Waals surface area contributed by atoms with E-state index in [2.05, 4.69) is 16.5 Å². The predicted octanol–water partition coefficient (Wildman–Crippen LogP) is 3.25. The first-order valence-corrected chi connectivity index (χ1v) is 12.3. The number of anilines is 2. The number of hydrogen-bond acceptors (Lipinski definition) is 5. The number of fused-ring (bicyclic) bond motifs is 3. The molecule has 150 valence electrons. The zero-order valence-corrected chi connectivity index (χ0v) is 17.7. The Labute approximate surface area is 170 Å². The molecular weight excluding hydrogens is 394 g/mol. The van der Waals surface area contributed by atoms with Gasteiger partial charge in [0.25, 0.3) is 5.91 Å². The van der Waals surface area contributed by atoms with Gasteiger partial charge in [-0.3, -0.25) is 14.4 Å². The van der Waals surface area contributed by atoms with Gasteiger partial charge in [-0.05, 0) is 62.4 Å². The molecule has 3 saturated heterocycles. The van der Waals surface area contributed by atoms with Crippen molar-refractivity contribution in [2.75, 3.05) is 29.0 Å². The van der Waals surface area contributed by atoms with Crippen molar-refractivity contribution in [3.05, 3.63) is 46.7 Å². The number of carbonyl (C=O) groups excluding carboxylic acids is 1. The second kappa shape index (κ2) is 7.50. The molecule has 0 saturated carbocycles. The molecule has 2 aromatic rings. The smallest absolute Gasteiger partial charge is 0.268 e. The van der Waals surface area contributed by atoms with Crippen LogP contribution in [0.15, 0.2) is 41.8 Å². The number of amides is 1. The first-order valence-electron chi connectivity index (χ1n) is 9.53. The fraction of sp³-hybridized carbons (Fsp3) is 0.450. The number of nitrogens with one attached hydrogen (secondary N) is 1. The molecule has 3 aliphatic rings. The molecule has 3 fully saturated rings. The second-order valence-corrected chi connectivity index (χ2v) is 10.3. The van der Waals surface area contributed by atoms with Crippen LogP contribution in [0.1, 0.15) is 29.4 Å². The maximum absolute atomic E-state index is 13.6. The van der Waals surface area contributed by atoms with Gasteiger partial charge in [0.15, 0.2) is 0 Å². The molecule has 1 aromatic heterocycles. The van der Waals surface area contributed by atoms with E-state index in [1.165, 1.54) is 11.3 Å². The molecule has 3 aliphatic heterocycles. The number of para-hydroxylation sites is 2. The fourth-order valence-electron chi connectivity index (χ4n) is 4.60. The Morgan fingerprint density at radius 2 is 1.89 bits per heavy atom. The van der Waals surface area contributed by atoms with Crippen molar-refractivity contribution < 1.29 is 13.2 Å². The minimum Gasteiger partial charge on any atom is -0.301 e. The van der Waals surface area contributed by atoms with E-state index in [1.54, 1.807) is 12.1 Å². The Morgan fingerprint density at radius 3 is 2.50 bits per heavy atom. The summed E-state index contributed by atoms with van der Waals surface area (Å²) in [6.07, 6.45) is 3.25. The number of carbonyl (C=O) groups is 1. The van der Waals surface area contributed by atoms with Gasteiger partial charge in [0.05, 0.1) is 28.5 Å². The van der Waals surface area contributed by atoms with Crippen molar-refractivity contribution >= 4 is 38.6 Å². The van der Waals surface area contributed by atoms with Gasteiger partial charge in [0.1, 0.15) is 0 Å². The topological polar surface area (TPSA) is 69.7 Å². The molecule has 8 heteroatoms. The highest BCUT2D eigenvalue weighted by Gasteiger charge is 2.45. The first kappa shape index (κ1) is 19.4. The lowest BCUT2D eigenvalue weighted by Gasteiger charge is -2.53. The lowest BCUT2D eigenvalue weighted by molar-refractivity contribution is 0.0329. The largest absolute Gasteiger partial charge is 0.301 e. The zero-order chi connectivity index (χ0) is 19.9. The van der Waals surface area contributed by atoms with E-state index in [0.717, 1.165) is 32.2 Å². The molecule has 4 heterocycles. The number of nitrogens with zero attached hydrogens (tertiary/aromatic N) is 2. The van der Waals surface area contributed by atoms with Crippen LogP contribution in [-0.4, -0.2) is 50.7 Å². The molecule has 0 unspecified atom stereocenters. The summed E-state index contributed by atoms with van der Waals surface area (Å²) in [6.45, 7) is 4.30. The van der Waals surface area contributed by atoms with E-state index in [4.69, 9.17) is 0 Å². The normalized spacial score (nSPS) is 26.8. The lowest BCUT2D eigenvalue weighted by atomic mass is 9.78. The molecule has 5 rings (SSSR count). The summed E-state index contributed by atoms with van der Waals surface area (Å²) in [6, 6.07) is 11.1. The van der Waals surface area contributed by atoms with Gasteiger partial charge in [-0.25, -0.2) is 8.42 Å².